The summed E-state index contributed by atoms with van der Waals surface area (Å²) in [6.45, 7) is 13.5. The van der Waals surface area contributed by atoms with Gasteiger partial charge in [-0.05, 0) is 69.1 Å². The van der Waals surface area contributed by atoms with Gasteiger partial charge < -0.3 is 85.5 Å². The van der Waals surface area contributed by atoms with Crippen LogP contribution in [0.4, 0.5) is 0 Å². The number of aliphatic carboxylic acids is 3. The summed E-state index contributed by atoms with van der Waals surface area (Å²) in [4.78, 5) is 160. The Kier molecular flexibility index (Phi) is 32.4. The molecular formula is C47H83N13O16S. The van der Waals surface area contributed by atoms with Gasteiger partial charge in [0.05, 0.1) is 12.6 Å². The van der Waals surface area contributed by atoms with Crippen LogP contribution in [0.2, 0.25) is 0 Å². The van der Waals surface area contributed by atoms with Crippen molar-refractivity contribution in [3.05, 3.63) is 0 Å². The van der Waals surface area contributed by atoms with Crippen LogP contribution >= 0.6 is 12.6 Å². The summed E-state index contributed by atoms with van der Waals surface area (Å²) in [5.41, 5.74) is 16.8. The van der Waals surface area contributed by atoms with Gasteiger partial charge in [0.2, 0.25) is 53.2 Å². The van der Waals surface area contributed by atoms with Crippen LogP contribution in [0.3, 0.4) is 0 Å². The summed E-state index contributed by atoms with van der Waals surface area (Å²) in [5.74, 6) is -14.8. The van der Waals surface area contributed by atoms with Crippen LogP contribution in [0.25, 0.3) is 0 Å². The third kappa shape index (κ3) is 27.7. The number of nitrogens with zero attached hydrogens (tertiary/aromatic N) is 1. The van der Waals surface area contributed by atoms with Gasteiger partial charge in [0.15, 0.2) is 5.96 Å². The highest BCUT2D eigenvalue weighted by Crippen LogP contribution is 2.11. The monoisotopic (exact) mass is 1120 g/mol. The number of carbonyl (C=O) groups is 12. The lowest BCUT2D eigenvalue weighted by atomic mass is 10.0. The van der Waals surface area contributed by atoms with Crippen LogP contribution in [-0.2, 0) is 57.5 Å². The Morgan fingerprint density at radius 3 is 1.26 bits per heavy atom. The van der Waals surface area contributed by atoms with Crippen molar-refractivity contribution in [1.29, 1.82) is 0 Å². The molecule has 0 saturated heterocycles. The zero-order valence-electron chi connectivity index (χ0n) is 45.2. The minimum atomic E-state index is -1.75. The largest absolute Gasteiger partial charge is 0.481 e. The molecule has 438 valence electrons. The molecule has 0 rings (SSSR count). The first-order valence-electron chi connectivity index (χ1n) is 25.2. The molecule has 0 unspecified atom stereocenters. The van der Waals surface area contributed by atoms with Gasteiger partial charge in [-0.3, -0.25) is 57.7 Å². The fourth-order valence-electron chi connectivity index (χ4n) is 7.14. The normalized spacial score (nSPS) is 15.1. The van der Waals surface area contributed by atoms with Crippen molar-refractivity contribution in [3.8, 4) is 0 Å². The van der Waals surface area contributed by atoms with Crippen LogP contribution in [-0.4, -0.2) is 177 Å². The summed E-state index contributed by atoms with van der Waals surface area (Å²) in [6.07, 6.45) is -2.19. The summed E-state index contributed by atoms with van der Waals surface area (Å²) < 4.78 is 0. The van der Waals surface area contributed by atoms with Gasteiger partial charge in [0.25, 0.3) is 0 Å². The number of aliphatic hydroxyl groups excluding tert-OH is 1. The molecule has 0 aromatic rings. The minimum Gasteiger partial charge on any atom is -0.481 e. The number of carboxylic acid groups (broad SMARTS) is 3. The van der Waals surface area contributed by atoms with Crippen molar-refractivity contribution >= 4 is 89.7 Å². The molecule has 0 aliphatic carbocycles. The minimum absolute atomic E-state index is 0.0213. The number of rotatable bonds is 37. The van der Waals surface area contributed by atoms with Crippen LogP contribution in [0.1, 0.15) is 114 Å². The van der Waals surface area contributed by atoms with E-state index in [0.29, 0.717) is 6.42 Å². The number of guanidine groups is 1. The number of nitrogens with one attached hydrogen (secondary N) is 9. The molecule has 0 saturated carbocycles. The van der Waals surface area contributed by atoms with Gasteiger partial charge in [-0.25, -0.2) is 4.79 Å². The quantitative estimate of drug-likeness (QED) is 0.0122. The molecule has 9 amide bonds. The van der Waals surface area contributed by atoms with E-state index < -0.39 is 176 Å². The first kappa shape index (κ1) is 70.2. The summed E-state index contributed by atoms with van der Waals surface area (Å²) in [6, 6.07) is -14.4. The molecule has 0 spiro atoms. The average Bonchev–Trinajstić information content (AvgIpc) is 3.32. The average molecular weight is 1120 g/mol. The fraction of sp³-hybridized carbons (Fsp3) is 0.723. The van der Waals surface area contributed by atoms with Gasteiger partial charge in [-0.15, -0.1) is 0 Å². The Balaban J connectivity index is 6.49. The lowest BCUT2D eigenvalue weighted by Gasteiger charge is -2.29. The number of aliphatic imine (C=N–C) groups is 1. The molecular weight excluding hydrogens is 1030 g/mol. The summed E-state index contributed by atoms with van der Waals surface area (Å²) in [7, 11) is 0. The van der Waals surface area contributed by atoms with Crippen molar-refractivity contribution in [2.45, 2.75) is 174 Å². The van der Waals surface area contributed by atoms with E-state index in [1.165, 1.54) is 34.6 Å². The Labute approximate surface area is 453 Å². The smallest absolute Gasteiger partial charge is 0.326 e. The first-order chi connectivity index (χ1) is 35.8. The lowest BCUT2D eigenvalue weighted by Crippen LogP contribution is -2.61. The number of carbonyl (C=O) groups excluding carboxylic acids is 9. The second-order valence-corrected chi connectivity index (χ2v) is 20.3. The molecule has 0 heterocycles. The highest BCUT2D eigenvalue weighted by molar-refractivity contribution is 7.80. The van der Waals surface area contributed by atoms with Crippen molar-refractivity contribution in [2.75, 3.05) is 18.9 Å². The van der Waals surface area contributed by atoms with Crippen molar-refractivity contribution < 1.29 is 78.0 Å². The van der Waals surface area contributed by atoms with Gasteiger partial charge in [-0.2, -0.15) is 12.6 Å². The molecule has 0 bridgehead atoms. The Morgan fingerprint density at radius 1 is 0.468 bits per heavy atom. The molecule has 29 nitrogen and oxygen atoms in total. The summed E-state index contributed by atoms with van der Waals surface area (Å²) >= 11 is 4.17. The summed E-state index contributed by atoms with van der Waals surface area (Å²) in [5, 5.41) is 60.1. The van der Waals surface area contributed by atoms with Gasteiger partial charge in [-0.1, -0.05) is 55.4 Å². The van der Waals surface area contributed by atoms with E-state index in [2.05, 4.69) is 65.5 Å². The number of nitrogens with two attached hydrogens (primary N) is 3. The first-order valence-corrected chi connectivity index (χ1v) is 25.8. The zero-order valence-corrected chi connectivity index (χ0v) is 46.1. The van der Waals surface area contributed by atoms with E-state index in [1.54, 1.807) is 13.8 Å². The lowest BCUT2D eigenvalue weighted by molar-refractivity contribution is -0.143. The maximum absolute atomic E-state index is 13.9. The van der Waals surface area contributed by atoms with Crippen LogP contribution in [0, 0.1) is 23.7 Å². The Morgan fingerprint density at radius 2 is 0.844 bits per heavy atom. The Bertz CT molecular complexity index is 2070. The molecule has 19 N–H and O–H groups in total. The molecule has 30 heteroatoms. The molecule has 0 aromatic carbocycles. The number of hydrogen-bond acceptors (Lipinski definition) is 16. The standard InChI is InChI=1S/C47H83N13O16S/c1-21(2)17-26(48)38(67)58-32(20-77)43(72)53-27(11-10-16-51-47(49)50)39(68)52-25(9)37(66)59-35(23(5)6)44(73)55-28(12-14-33(62)63)40(69)54-29(13-15-34(64)65)41(70)60-36(24(7)8)45(74)57-31(19-61)42(71)56-30(46(75)76)18-22(3)4/h21-32,35-36,61,77H,10-20,48H2,1-9H3,(H,52,68)(H,53,72)(H,54,69)(H,55,73)(H,56,71)(H,57,74)(H,58,67)(H,59,66)(H,60,70)(H,62,63)(H,64,65)(H,75,76)(H4,49,50,51)/t25-,26-,27-,28-,29-,30-,31-,32-,35-,36-/m0/s1. The molecule has 0 aliphatic heterocycles. The molecule has 10 atom stereocenters. The van der Waals surface area contributed by atoms with E-state index in [1.807, 2.05) is 13.8 Å². The van der Waals surface area contributed by atoms with E-state index >= 15 is 0 Å². The van der Waals surface area contributed by atoms with Crippen molar-refractivity contribution in [2.24, 2.45) is 45.9 Å². The Hall–Kier alpha value is -6.82. The highest BCUT2D eigenvalue weighted by atomic mass is 32.1. The molecule has 0 radical (unpaired) electrons. The number of thiol groups is 1. The van der Waals surface area contributed by atoms with E-state index in [0.717, 1.165) is 0 Å². The van der Waals surface area contributed by atoms with Gasteiger partial charge >= 0.3 is 17.9 Å². The third-order valence-corrected chi connectivity index (χ3v) is 11.8. The highest BCUT2D eigenvalue weighted by Gasteiger charge is 2.36. The second kappa shape index (κ2) is 35.5. The van der Waals surface area contributed by atoms with Crippen LogP contribution in [0.15, 0.2) is 4.99 Å². The fourth-order valence-corrected chi connectivity index (χ4v) is 7.40. The predicted octanol–water partition coefficient (Wildman–Crippen LogP) is -4.11. The zero-order chi connectivity index (χ0) is 59.4. The number of hydrogen-bond donors (Lipinski definition) is 17. The van der Waals surface area contributed by atoms with E-state index in [9.17, 15) is 78.0 Å². The number of aliphatic hydroxyl groups is 1. The molecule has 0 aromatic heterocycles. The molecule has 0 fully saturated rings. The number of carboxylic acids is 3. The van der Waals surface area contributed by atoms with Crippen LogP contribution in [0.5, 0.6) is 0 Å². The second-order valence-electron chi connectivity index (χ2n) is 19.9. The SMILES string of the molecule is CC(C)C[C@H](NC(=O)[C@H](CO)NC(=O)[C@@H](NC(=O)[C@H](CCC(=O)O)NC(=O)[C@H](CCC(=O)O)NC(=O)[C@@H](NC(=O)[C@H](C)NC(=O)[C@H](CCCN=C(N)N)NC(=O)[C@H](CS)NC(=O)[C@@H](N)CC(C)C)C(C)C)C(C)C)C(=O)O. The molecule has 0 aliphatic rings. The number of amides is 9. The van der Waals surface area contributed by atoms with Crippen LogP contribution < -0.4 is 65.1 Å². The van der Waals surface area contributed by atoms with Gasteiger partial charge in [0.1, 0.15) is 54.4 Å². The van der Waals surface area contributed by atoms with E-state index in [4.69, 9.17) is 17.2 Å². The maximum atomic E-state index is 13.9. The van der Waals surface area contributed by atoms with E-state index in [-0.39, 0.29) is 49.4 Å². The maximum Gasteiger partial charge on any atom is 0.326 e. The topological polar surface area (TPSA) is 484 Å². The van der Waals surface area contributed by atoms with Crippen molar-refractivity contribution in [3.63, 3.8) is 0 Å². The predicted molar refractivity (Wildman–Crippen MR) is 282 cm³/mol. The third-order valence-electron chi connectivity index (χ3n) is 11.4. The molecule has 77 heavy (non-hydrogen) atoms. The van der Waals surface area contributed by atoms with Crippen molar-refractivity contribution in [1.82, 2.24) is 47.9 Å². The van der Waals surface area contributed by atoms with Gasteiger partial charge in [0, 0.05) is 25.1 Å².